The summed E-state index contributed by atoms with van der Waals surface area (Å²) in [5.41, 5.74) is 1.69. The Kier molecular flexibility index (Phi) is 6.98. The summed E-state index contributed by atoms with van der Waals surface area (Å²) in [5, 5.41) is 4.80. The number of ether oxygens (including phenoxy) is 1. The average Bonchev–Trinajstić information content (AvgIpc) is 2.66. The minimum absolute atomic E-state index is 0.0433. The maximum atomic E-state index is 12.5. The topological polar surface area (TPSA) is 84.5 Å². The predicted octanol–water partition coefficient (Wildman–Crippen LogP) is 3.23. The highest BCUT2D eigenvalue weighted by Crippen LogP contribution is 2.29. The summed E-state index contributed by atoms with van der Waals surface area (Å²) in [6.07, 6.45) is -4.50. The molecule has 0 saturated carbocycles. The van der Waals surface area contributed by atoms with E-state index in [0.717, 1.165) is 35.4 Å². The number of carbonyl (C=O) groups excluding carboxylic acids is 3. The fourth-order valence-electron chi connectivity index (χ4n) is 2.28. The number of rotatable bonds is 6. The van der Waals surface area contributed by atoms with Crippen LogP contribution in [0.5, 0.6) is 0 Å². The van der Waals surface area contributed by atoms with Crippen molar-refractivity contribution in [3.63, 3.8) is 0 Å². The van der Waals surface area contributed by atoms with E-state index in [2.05, 4.69) is 10.6 Å². The van der Waals surface area contributed by atoms with Crippen molar-refractivity contribution in [2.24, 2.45) is 0 Å². The van der Waals surface area contributed by atoms with E-state index in [-0.39, 0.29) is 5.56 Å². The summed E-state index contributed by atoms with van der Waals surface area (Å²) in [6, 6.07) is 8.87. The summed E-state index contributed by atoms with van der Waals surface area (Å²) in [5.74, 6) is -2.15. The molecule has 0 aromatic heterocycles. The van der Waals surface area contributed by atoms with Gasteiger partial charge in [0.25, 0.3) is 11.8 Å². The standard InChI is InChI=1S/C20H19F3N2O4/c1-12-3-8-16(9-13(12)2)25-17(26)11-29-18(27)10-24-19(28)14-4-6-15(7-5-14)20(21,22)23/h3-9H,10-11H2,1-2H3,(H,24,28)(H,25,26). The fourth-order valence-corrected chi connectivity index (χ4v) is 2.28. The van der Waals surface area contributed by atoms with Crippen LogP contribution in [0.2, 0.25) is 0 Å². The van der Waals surface area contributed by atoms with Gasteiger partial charge < -0.3 is 15.4 Å². The van der Waals surface area contributed by atoms with Crippen LogP contribution in [0.15, 0.2) is 42.5 Å². The molecule has 154 valence electrons. The molecule has 0 unspecified atom stereocenters. The normalized spacial score (nSPS) is 10.9. The zero-order chi connectivity index (χ0) is 21.6. The predicted molar refractivity (Wildman–Crippen MR) is 99.3 cm³/mol. The maximum absolute atomic E-state index is 12.5. The second-order valence-electron chi connectivity index (χ2n) is 6.27. The minimum atomic E-state index is -4.50. The van der Waals surface area contributed by atoms with E-state index in [1.807, 2.05) is 19.9 Å². The van der Waals surface area contributed by atoms with Crippen molar-refractivity contribution in [3.8, 4) is 0 Å². The van der Waals surface area contributed by atoms with Crippen LogP contribution in [0.25, 0.3) is 0 Å². The Bertz CT molecular complexity index is 909. The number of carbonyl (C=O) groups is 3. The maximum Gasteiger partial charge on any atom is 0.416 e. The molecule has 0 fully saturated rings. The number of halogens is 3. The van der Waals surface area contributed by atoms with Gasteiger partial charge in [0.2, 0.25) is 0 Å². The van der Waals surface area contributed by atoms with Crippen LogP contribution in [-0.4, -0.2) is 30.9 Å². The van der Waals surface area contributed by atoms with Gasteiger partial charge in [-0.3, -0.25) is 14.4 Å². The zero-order valence-corrected chi connectivity index (χ0v) is 15.7. The van der Waals surface area contributed by atoms with Gasteiger partial charge in [0.15, 0.2) is 6.61 Å². The van der Waals surface area contributed by atoms with Crippen molar-refractivity contribution in [2.45, 2.75) is 20.0 Å². The molecular weight excluding hydrogens is 389 g/mol. The first-order valence-corrected chi connectivity index (χ1v) is 8.54. The fraction of sp³-hybridized carbons (Fsp3) is 0.250. The van der Waals surface area contributed by atoms with E-state index in [0.29, 0.717) is 5.69 Å². The molecule has 0 radical (unpaired) electrons. The van der Waals surface area contributed by atoms with Crippen molar-refractivity contribution >= 4 is 23.5 Å². The minimum Gasteiger partial charge on any atom is -0.454 e. The first kappa shape index (κ1) is 21.9. The number of anilines is 1. The molecule has 9 heteroatoms. The Hall–Kier alpha value is -3.36. The molecule has 0 heterocycles. The molecule has 29 heavy (non-hydrogen) atoms. The van der Waals surface area contributed by atoms with Gasteiger partial charge in [-0.05, 0) is 61.4 Å². The molecule has 0 atom stereocenters. The Morgan fingerprint density at radius 2 is 1.62 bits per heavy atom. The monoisotopic (exact) mass is 408 g/mol. The number of hydrogen-bond donors (Lipinski definition) is 2. The molecule has 2 aromatic carbocycles. The molecule has 0 aliphatic carbocycles. The average molecular weight is 408 g/mol. The van der Waals surface area contributed by atoms with E-state index >= 15 is 0 Å². The first-order chi connectivity index (χ1) is 13.6. The number of nitrogens with one attached hydrogen (secondary N) is 2. The smallest absolute Gasteiger partial charge is 0.416 e. The SMILES string of the molecule is Cc1ccc(NC(=O)COC(=O)CNC(=O)c2ccc(C(F)(F)F)cc2)cc1C. The molecule has 6 nitrogen and oxygen atoms in total. The lowest BCUT2D eigenvalue weighted by molar-refractivity contribution is -0.146. The number of esters is 1. The largest absolute Gasteiger partial charge is 0.454 e. The van der Waals surface area contributed by atoms with Crippen LogP contribution in [0.4, 0.5) is 18.9 Å². The molecule has 2 aromatic rings. The highest BCUT2D eigenvalue weighted by atomic mass is 19.4. The van der Waals surface area contributed by atoms with Gasteiger partial charge in [-0.2, -0.15) is 13.2 Å². The molecule has 2 rings (SSSR count). The van der Waals surface area contributed by atoms with Crippen LogP contribution >= 0.6 is 0 Å². The van der Waals surface area contributed by atoms with Gasteiger partial charge in [-0.15, -0.1) is 0 Å². The van der Waals surface area contributed by atoms with Crippen LogP contribution in [0, 0.1) is 13.8 Å². The van der Waals surface area contributed by atoms with E-state index in [1.165, 1.54) is 0 Å². The molecule has 0 saturated heterocycles. The van der Waals surface area contributed by atoms with Gasteiger partial charge in [-0.25, -0.2) is 0 Å². The molecular formula is C20H19F3N2O4. The third-order valence-corrected chi connectivity index (χ3v) is 4.02. The van der Waals surface area contributed by atoms with E-state index < -0.39 is 42.7 Å². The van der Waals surface area contributed by atoms with Crippen molar-refractivity contribution in [2.75, 3.05) is 18.5 Å². The Balaban J connectivity index is 1.76. The van der Waals surface area contributed by atoms with Crippen molar-refractivity contribution < 1.29 is 32.3 Å². The molecule has 2 amide bonds. The summed E-state index contributed by atoms with van der Waals surface area (Å²) in [4.78, 5) is 35.3. The van der Waals surface area contributed by atoms with Crippen molar-refractivity contribution in [1.29, 1.82) is 0 Å². The van der Waals surface area contributed by atoms with Crippen molar-refractivity contribution in [1.82, 2.24) is 5.32 Å². The Labute approximate surface area is 165 Å². The third kappa shape index (κ3) is 6.63. The molecule has 0 bridgehead atoms. The van der Waals surface area contributed by atoms with Gasteiger partial charge in [0.05, 0.1) is 5.56 Å². The number of aryl methyl sites for hydroxylation is 2. The first-order valence-electron chi connectivity index (χ1n) is 8.54. The molecule has 0 aliphatic rings. The second-order valence-corrected chi connectivity index (χ2v) is 6.27. The molecule has 2 N–H and O–H groups in total. The summed E-state index contributed by atoms with van der Waals surface area (Å²) < 4.78 is 42.3. The Morgan fingerprint density at radius 1 is 0.966 bits per heavy atom. The zero-order valence-electron chi connectivity index (χ0n) is 15.7. The van der Waals surface area contributed by atoms with Gasteiger partial charge in [-0.1, -0.05) is 6.07 Å². The van der Waals surface area contributed by atoms with E-state index in [4.69, 9.17) is 4.74 Å². The van der Waals surface area contributed by atoms with Crippen LogP contribution < -0.4 is 10.6 Å². The van der Waals surface area contributed by atoms with Gasteiger partial charge in [0.1, 0.15) is 6.54 Å². The summed E-state index contributed by atoms with van der Waals surface area (Å²) >= 11 is 0. The van der Waals surface area contributed by atoms with Crippen molar-refractivity contribution in [3.05, 3.63) is 64.7 Å². The van der Waals surface area contributed by atoms with Gasteiger partial charge in [0, 0.05) is 11.3 Å². The third-order valence-electron chi connectivity index (χ3n) is 4.02. The number of hydrogen-bond acceptors (Lipinski definition) is 4. The second kappa shape index (κ2) is 9.22. The Morgan fingerprint density at radius 3 is 2.21 bits per heavy atom. The lowest BCUT2D eigenvalue weighted by Gasteiger charge is -2.09. The number of amides is 2. The van der Waals surface area contributed by atoms with Crippen LogP contribution in [0.3, 0.4) is 0 Å². The highest BCUT2D eigenvalue weighted by molar-refractivity contribution is 5.96. The highest BCUT2D eigenvalue weighted by Gasteiger charge is 2.30. The lowest BCUT2D eigenvalue weighted by Crippen LogP contribution is -2.32. The quantitative estimate of drug-likeness (QED) is 0.719. The van der Waals surface area contributed by atoms with Gasteiger partial charge >= 0.3 is 12.1 Å². The number of benzene rings is 2. The molecule has 0 aliphatic heterocycles. The van der Waals surface area contributed by atoms with E-state index in [1.54, 1.807) is 12.1 Å². The molecule has 0 spiro atoms. The summed E-state index contributed by atoms with van der Waals surface area (Å²) in [7, 11) is 0. The lowest BCUT2D eigenvalue weighted by atomic mass is 10.1. The van der Waals surface area contributed by atoms with Crippen LogP contribution in [0.1, 0.15) is 27.0 Å². The van der Waals surface area contributed by atoms with E-state index in [9.17, 15) is 27.6 Å². The van der Waals surface area contributed by atoms with Crippen LogP contribution in [-0.2, 0) is 20.5 Å². The summed E-state index contributed by atoms with van der Waals surface area (Å²) in [6.45, 7) is 2.75. The number of alkyl halides is 3.